The van der Waals surface area contributed by atoms with Gasteiger partial charge in [-0.2, -0.15) is 0 Å². The van der Waals surface area contributed by atoms with E-state index in [0.717, 1.165) is 23.2 Å². The van der Waals surface area contributed by atoms with Crippen molar-refractivity contribution >= 4 is 38.9 Å². The molecule has 1 fully saturated rings. The van der Waals surface area contributed by atoms with Crippen LogP contribution in [0.1, 0.15) is 30.4 Å². The first-order valence-corrected chi connectivity index (χ1v) is 10.0. The van der Waals surface area contributed by atoms with Gasteiger partial charge < -0.3 is 10.6 Å². The molecule has 3 rings (SSSR count). The smallest absolute Gasteiger partial charge is 0.171 e. The number of hydrogen-bond acceptors (Lipinski definition) is 2. The number of likely N-dealkylation sites (tertiary alicyclic amines) is 1. The molecule has 1 aliphatic rings. The van der Waals surface area contributed by atoms with Crippen LogP contribution >= 0.6 is 28.1 Å². The van der Waals surface area contributed by atoms with E-state index >= 15 is 0 Å². The lowest BCUT2D eigenvalue weighted by atomic mass is 10.0. The number of rotatable bonds is 5. The first kappa shape index (κ1) is 18.4. The minimum absolute atomic E-state index is 0.644. The van der Waals surface area contributed by atoms with Gasteiger partial charge in [0.1, 0.15) is 0 Å². The van der Waals surface area contributed by atoms with Gasteiger partial charge in [0.05, 0.1) is 0 Å². The van der Waals surface area contributed by atoms with E-state index in [1.165, 1.54) is 43.5 Å². The molecule has 1 heterocycles. The van der Waals surface area contributed by atoms with Gasteiger partial charge in [0.2, 0.25) is 0 Å². The van der Waals surface area contributed by atoms with Crippen LogP contribution < -0.4 is 10.6 Å². The van der Waals surface area contributed by atoms with Crippen molar-refractivity contribution in [2.24, 2.45) is 0 Å². The molecule has 132 valence electrons. The Morgan fingerprint density at radius 2 is 1.76 bits per heavy atom. The van der Waals surface area contributed by atoms with Crippen LogP contribution in [-0.4, -0.2) is 23.1 Å². The van der Waals surface area contributed by atoms with Gasteiger partial charge in [-0.25, -0.2) is 0 Å². The van der Waals surface area contributed by atoms with E-state index in [-0.39, 0.29) is 0 Å². The number of thiocarbonyl (C=S) groups is 1. The minimum Gasteiger partial charge on any atom is -0.358 e. The molecule has 0 bridgehead atoms. The Morgan fingerprint density at radius 1 is 1.00 bits per heavy atom. The maximum absolute atomic E-state index is 5.44. The monoisotopic (exact) mass is 417 g/mol. The lowest BCUT2D eigenvalue weighted by Gasteiger charge is -2.27. The molecule has 0 saturated carbocycles. The Bertz CT molecular complexity index is 714. The molecule has 0 spiro atoms. The molecule has 0 aromatic heterocycles. The highest BCUT2D eigenvalue weighted by atomic mass is 79.9. The van der Waals surface area contributed by atoms with Crippen molar-refractivity contribution in [2.45, 2.75) is 32.4 Å². The predicted molar refractivity (Wildman–Crippen MR) is 113 cm³/mol. The number of hydrogen-bond donors (Lipinski definition) is 2. The topological polar surface area (TPSA) is 27.3 Å². The molecule has 1 aliphatic heterocycles. The maximum atomic E-state index is 5.44. The maximum Gasteiger partial charge on any atom is 0.171 e. The van der Waals surface area contributed by atoms with Crippen LogP contribution in [0.25, 0.3) is 0 Å². The molecule has 3 nitrogen and oxygen atoms in total. The van der Waals surface area contributed by atoms with E-state index in [2.05, 4.69) is 55.7 Å². The van der Waals surface area contributed by atoms with Crippen molar-refractivity contribution < 1.29 is 0 Å². The van der Waals surface area contributed by atoms with E-state index in [1.807, 2.05) is 24.3 Å². The standard InChI is InChI=1S/C20H24BrN3S/c21-18-9-6-10-19(13-18)23-20(25)22-14-16-7-2-3-8-17(16)15-24-11-4-1-5-12-24/h2-3,6-10,13H,1,4-5,11-12,14-15H2,(H2,22,23,25). The average Bonchev–Trinajstić information content (AvgIpc) is 2.62. The van der Waals surface area contributed by atoms with E-state index < -0.39 is 0 Å². The highest BCUT2D eigenvalue weighted by Crippen LogP contribution is 2.17. The molecule has 0 atom stereocenters. The quantitative estimate of drug-likeness (QED) is 0.674. The molecule has 5 heteroatoms. The van der Waals surface area contributed by atoms with Gasteiger partial charge in [-0.3, -0.25) is 4.90 Å². The van der Waals surface area contributed by atoms with Gasteiger partial charge >= 0.3 is 0 Å². The highest BCUT2D eigenvalue weighted by Gasteiger charge is 2.12. The zero-order chi connectivity index (χ0) is 17.5. The van der Waals surface area contributed by atoms with Gasteiger partial charge in [0.15, 0.2) is 5.11 Å². The van der Waals surface area contributed by atoms with Crippen LogP contribution in [0, 0.1) is 0 Å². The van der Waals surface area contributed by atoms with Crippen molar-refractivity contribution in [3.05, 3.63) is 64.1 Å². The summed E-state index contributed by atoms with van der Waals surface area (Å²) in [4.78, 5) is 2.56. The first-order valence-electron chi connectivity index (χ1n) is 8.80. The summed E-state index contributed by atoms with van der Waals surface area (Å²) >= 11 is 8.91. The van der Waals surface area contributed by atoms with E-state index in [0.29, 0.717) is 5.11 Å². The zero-order valence-electron chi connectivity index (χ0n) is 14.3. The Hall–Kier alpha value is -1.43. The van der Waals surface area contributed by atoms with Gasteiger partial charge in [0.25, 0.3) is 0 Å². The average molecular weight is 418 g/mol. The number of halogens is 1. The van der Waals surface area contributed by atoms with Gasteiger partial charge in [-0.15, -0.1) is 0 Å². The van der Waals surface area contributed by atoms with Crippen LogP contribution in [0.3, 0.4) is 0 Å². The number of nitrogens with one attached hydrogen (secondary N) is 2. The van der Waals surface area contributed by atoms with Crippen molar-refractivity contribution in [3.8, 4) is 0 Å². The molecule has 0 unspecified atom stereocenters. The van der Waals surface area contributed by atoms with Crippen LogP contribution in [0.5, 0.6) is 0 Å². The SMILES string of the molecule is S=C(NCc1ccccc1CN1CCCCC1)Nc1cccc(Br)c1. The number of piperidine rings is 1. The summed E-state index contributed by atoms with van der Waals surface area (Å²) in [7, 11) is 0. The fourth-order valence-corrected chi connectivity index (χ4v) is 3.75. The van der Waals surface area contributed by atoms with Crippen LogP contribution in [0.4, 0.5) is 5.69 Å². The molecule has 0 aliphatic carbocycles. The summed E-state index contributed by atoms with van der Waals surface area (Å²) in [6.45, 7) is 4.20. The van der Waals surface area contributed by atoms with Crippen molar-refractivity contribution in [2.75, 3.05) is 18.4 Å². The second-order valence-electron chi connectivity index (χ2n) is 6.42. The fraction of sp³-hybridized carbons (Fsp3) is 0.350. The molecule has 0 radical (unpaired) electrons. The number of nitrogens with zero attached hydrogens (tertiary/aromatic N) is 1. The molecular weight excluding hydrogens is 394 g/mol. The third-order valence-electron chi connectivity index (χ3n) is 4.48. The second kappa shape index (κ2) is 9.32. The van der Waals surface area contributed by atoms with Gasteiger partial charge in [-0.05, 0) is 67.5 Å². The predicted octanol–water partition coefficient (Wildman–Crippen LogP) is 4.92. The van der Waals surface area contributed by atoms with Crippen molar-refractivity contribution in [1.29, 1.82) is 0 Å². The molecule has 0 amide bonds. The van der Waals surface area contributed by atoms with E-state index in [4.69, 9.17) is 12.2 Å². The summed E-state index contributed by atoms with van der Waals surface area (Å²) in [6, 6.07) is 16.6. The fourth-order valence-electron chi connectivity index (χ4n) is 3.16. The molecule has 2 aromatic carbocycles. The van der Waals surface area contributed by atoms with E-state index in [9.17, 15) is 0 Å². The molecule has 2 aromatic rings. The number of anilines is 1. The van der Waals surface area contributed by atoms with Crippen LogP contribution in [0.2, 0.25) is 0 Å². The first-order chi connectivity index (χ1) is 12.2. The molecule has 2 N–H and O–H groups in total. The molecule has 25 heavy (non-hydrogen) atoms. The normalized spacial score (nSPS) is 14.9. The summed E-state index contributed by atoms with van der Waals surface area (Å²) < 4.78 is 1.03. The molecular formula is C20H24BrN3S. The van der Waals surface area contributed by atoms with Crippen LogP contribution in [-0.2, 0) is 13.1 Å². The van der Waals surface area contributed by atoms with E-state index in [1.54, 1.807) is 0 Å². The third kappa shape index (κ3) is 5.80. The minimum atomic E-state index is 0.644. The Morgan fingerprint density at radius 3 is 2.52 bits per heavy atom. The summed E-state index contributed by atoms with van der Waals surface area (Å²) in [5.74, 6) is 0. The largest absolute Gasteiger partial charge is 0.358 e. The lowest BCUT2D eigenvalue weighted by Crippen LogP contribution is -2.31. The van der Waals surface area contributed by atoms with Crippen molar-refractivity contribution in [1.82, 2.24) is 10.2 Å². The second-order valence-corrected chi connectivity index (χ2v) is 7.75. The summed E-state index contributed by atoms with van der Waals surface area (Å²) in [6.07, 6.45) is 4.01. The lowest BCUT2D eigenvalue weighted by molar-refractivity contribution is 0.220. The Kier molecular flexibility index (Phi) is 6.84. The van der Waals surface area contributed by atoms with Gasteiger partial charge in [0, 0.05) is 23.2 Å². The highest BCUT2D eigenvalue weighted by molar-refractivity contribution is 9.10. The summed E-state index contributed by atoms with van der Waals surface area (Å²) in [5.41, 5.74) is 3.68. The molecule has 1 saturated heterocycles. The Labute approximate surface area is 163 Å². The summed E-state index contributed by atoms with van der Waals surface area (Å²) in [5, 5.41) is 7.21. The number of benzene rings is 2. The third-order valence-corrected chi connectivity index (χ3v) is 5.22. The van der Waals surface area contributed by atoms with Gasteiger partial charge in [-0.1, -0.05) is 52.7 Å². The van der Waals surface area contributed by atoms with Crippen molar-refractivity contribution in [3.63, 3.8) is 0 Å². The Balaban J connectivity index is 1.56. The zero-order valence-corrected chi connectivity index (χ0v) is 16.7. The van der Waals surface area contributed by atoms with Crippen LogP contribution in [0.15, 0.2) is 53.0 Å².